The topological polar surface area (TPSA) is 171 Å². The van der Waals surface area contributed by atoms with Crippen molar-refractivity contribution in [3.8, 4) is 0 Å². The molecule has 0 bridgehead atoms. The van der Waals surface area contributed by atoms with Gasteiger partial charge in [-0.1, -0.05) is 25.7 Å². The van der Waals surface area contributed by atoms with E-state index in [1.54, 1.807) is 4.90 Å². The zero-order chi connectivity index (χ0) is 41.4. The van der Waals surface area contributed by atoms with Gasteiger partial charge in [0.15, 0.2) is 0 Å². The molecule has 0 aliphatic carbocycles. The molecule has 320 valence electrons. The molecule has 5 fully saturated rings. The summed E-state index contributed by atoms with van der Waals surface area (Å²) < 4.78 is 23.4. The number of esters is 1. The fraction of sp³-hybridized carbons (Fsp3) is 0.925. The summed E-state index contributed by atoms with van der Waals surface area (Å²) >= 11 is 0. The lowest BCUT2D eigenvalue weighted by Gasteiger charge is -2.38. The molecule has 1 amide bonds. The molecule has 5 saturated heterocycles. The third-order valence-corrected chi connectivity index (χ3v) is 13.1. The van der Waals surface area contributed by atoms with Crippen LogP contribution >= 0.6 is 0 Å². The van der Waals surface area contributed by atoms with Crippen molar-refractivity contribution in [1.29, 1.82) is 0 Å². The number of carbonyl (C=O) groups is 3. The highest BCUT2D eigenvalue weighted by molar-refractivity contribution is 6.45. The molecule has 0 aromatic rings. The van der Waals surface area contributed by atoms with E-state index in [4.69, 9.17) is 28.8 Å². The van der Waals surface area contributed by atoms with Crippen LogP contribution in [0.3, 0.4) is 0 Å². The summed E-state index contributed by atoms with van der Waals surface area (Å²) in [7, 11) is -0.176. The number of hydrogen-bond acceptors (Lipinski definition) is 12. The van der Waals surface area contributed by atoms with E-state index in [1.165, 1.54) is 45.6 Å². The van der Waals surface area contributed by atoms with Gasteiger partial charge >= 0.3 is 32.3 Å². The van der Waals surface area contributed by atoms with E-state index in [2.05, 4.69) is 42.8 Å². The number of carboxylic acid groups (broad SMARTS) is 1. The summed E-state index contributed by atoms with van der Waals surface area (Å²) in [4.78, 5) is 44.8. The van der Waals surface area contributed by atoms with Crippen LogP contribution in [0.4, 0.5) is 4.79 Å². The minimum absolute atomic E-state index is 0.127. The highest BCUT2D eigenvalue weighted by Crippen LogP contribution is 2.43. The Morgan fingerprint density at radius 3 is 1.89 bits per heavy atom. The molecule has 4 N–H and O–H groups in total. The van der Waals surface area contributed by atoms with Gasteiger partial charge in [0, 0.05) is 19.6 Å². The largest absolute Gasteiger partial charge is 0.480 e. The van der Waals surface area contributed by atoms with Crippen LogP contribution < -0.4 is 5.32 Å². The molecule has 0 spiro atoms. The van der Waals surface area contributed by atoms with Crippen molar-refractivity contribution in [2.24, 2.45) is 11.8 Å². The molecule has 0 radical (unpaired) electrons. The fourth-order valence-corrected chi connectivity index (χ4v) is 9.11. The minimum Gasteiger partial charge on any atom is -0.480 e. The zero-order valence-corrected chi connectivity index (χ0v) is 35.9. The molecular weight excluding hydrogens is 718 g/mol. The van der Waals surface area contributed by atoms with Gasteiger partial charge in [-0.2, -0.15) is 0 Å². The first-order chi connectivity index (χ1) is 26.2. The Kier molecular flexibility index (Phi) is 16.6. The normalized spacial score (nSPS) is 29.5. The molecular formula is C40H74B2N4O10. The molecule has 5 rings (SSSR count). The monoisotopic (exact) mass is 793 g/mol. The zero-order valence-electron chi connectivity index (χ0n) is 35.9. The van der Waals surface area contributed by atoms with E-state index in [0.717, 1.165) is 45.7 Å². The lowest BCUT2D eigenvalue weighted by molar-refractivity contribution is -0.154. The Balaban J connectivity index is 0.000000282. The maximum absolute atomic E-state index is 13.4. The van der Waals surface area contributed by atoms with Crippen molar-refractivity contribution in [3.63, 3.8) is 0 Å². The Morgan fingerprint density at radius 1 is 0.839 bits per heavy atom. The number of carbonyl (C=O) groups excluding carboxylic acids is 2. The van der Waals surface area contributed by atoms with Crippen LogP contribution in [0.5, 0.6) is 0 Å². The van der Waals surface area contributed by atoms with Crippen LogP contribution in [0, 0.1) is 11.8 Å². The van der Waals surface area contributed by atoms with Gasteiger partial charge in [0.1, 0.15) is 16.7 Å². The molecule has 5 heterocycles. The maximum Gasteiger partial charge on any atom is 0.457 e. The van der Waals surface area contributed by atoms with Crippen LogP contribution in [-0.4, -0.2) is 149 Å². The van der Waals surface area contributed by atoms with Gasteiger partial charge in [-0.25, -0.2) is 9.59 Å². The lowest BCUT2D eigenvalue weighted by atomic mass is 9.78. The number of nitrogens with one attached hydrogen (secondary N) is 1. The second-order valence-electron chi connectivity index (χ2n) is 19.1. The first kappa shape index (κ1) is 46.7. The highest BCUT2D eigenvalue weighted by Gasteiger charge is 2.56. The van der Waals surface area contributed by atoms with Crippen molar-refractivity contribution in [3.05, 3.63) is 0 Å². The molecule has 4 atom stereocenters. The summed E-state index contributed by atoms with van der Waals surface area (Å²) in [6.07, 6.45) is 11.7. The second kappa shape index (κ2) is 19.9. The van der Waals surface area contributed by atoms with Crippen molar-refractivity contribution in [1.82, 2.24) is 20.0 Å². The number of methoxy groups -OCH3 is 1. The van der Waals surface area contributed by atoms with Crippen LogP contribution in [-0.2, 0) is 28.4 Å². The first-order valence-electron chi connectivity index (χ1n) is 21.4. The molecule has 0 saturated carbocycles. The molecule has 4 unspecified atom stereocenters. The van der Waals surface area contributed by atoms with E-state index >= 15 is 0 Å². The first-order valence-corrected chi connectivity index (χ1v) is 21.4. The minimum atomic E-state index is -1.29. The van der Waals surface area contributed by atoms with E-state index in [1.807, 2.05) is 20.8 Å². The number of likely N-dealkylation sites (tertiary alicyclic amines) is 3. The predicted molar refractivity (Wildman–Crippen MR) is 217 cm³/mol. The summed E-state index contributed by atoms with van der Waals surface area (Å²) in [5.74, 6) is -0.781. The molecule has 5 aliphatic heterocycles. The van der Waals surface area contributed by atoms with Crippen LogP contribution in [0.1, 0.15) is 126 Å². The van der Waals surface area contributed by atoms with Crippen LogP contribution in [0.15, 0.2) is 0 Å². The number of hydrogen-bond donors (Lipinski definition) is 4. The maximum atomic E-state index is 13.4. The standard InChI is InChI=1S/C26H47BN2O6.C14H27BN2O4/c1-23(2,3)33-22(31)29-19-20(12-14-27-34-24(4,5)25(6,7)35-27)18-26(29,21(30)32-8)13-17-28-15-10-9-11-16-28;18-13(19)14(5-9-17-7-2-1-3-8-17)10-12(11-16-14)4-6-15(20)21/h20H,9-19H2,1-8H3;12,16,20-21H,1-11H2,(H,18,19). The molecule has 0 aromatic carbocycles. The Labute approximate surface area is 337 Å². The van der Waals surface area contributed by atoms with Crippen molar-refractivity contribution < 1.29 is 48.3 Å². The number of ether oxygens (including phenoxy) is 2. The van der Waals surface area contributed by atoms with Gasteiger partial charge in [-0.05, 0) is 157 Å². The van der Waals surface area contributed by atoms with Crippen molar-refractivity contribution in [2.75, 3.05) is 59.5 Å². The molecule has 16 heteroatoms. The van der Waals surface area contributed by atoms with E-state index in [0.29, 0.717) is 57.8 Å². The number of piperidine rings is 2. The van der Waals surface area contributed by atoms with E-state index in [-0.39, 0.29) is 36.1 Å². The van der Waals surface area contributed by atoms with Gasteiger partial charge in [0.25, 0.3) is 0 Å². The molecule has 14 nitrogen and oxygen atoms in total. The van der Waals surface area contributed by atoms with E-state index < -0.39 is 35.9 Å². The number of aliphatic carboxylic acids is 1. The quantitative estimate of drug-likeness (QED) is 0.142. The number of rotatable bonds is 14. The Morgan fingerprint density at radius 2 is 1.39 bits per heavy atom. The number of carboxylic acids is 1. The molecule has 56 heavy (non-hydrogen) atoms. The summed E-state index contributed by atoms with van der Waals surface area (Å²) in [5, 5.41) is 30.7. The smallest absolute Gasteiger partial charge is 0.457 e. The van der Waals surface area contributed by atoms with E-state index in [9.17, 15) is 19.5 Å². The third kappa shape index (κ3) is 12.5. The van der Waals surface area contributed by atoms with Gasteiger partial charge in [-0.3, -0.25) is 9.69 Å². The lowest BCUT2D eigenvalue weighted by Crippen LogP contribution is -2.56. The second-order valence-corrected chi connectivity index (χ2v) is 19.1. The van der Waals surface area contributed by atoms with Gasteiger partial charge in [-0.15, -0.1) is 0 Å². The fourth-order valence-electron chi connectivity index (χ4n) is 9.11. The van der Waals surface area contributed by atoms with Gasteiger partial charge in [0.05, 0.1) is 18.3 Å². The number of nitrogens with zero attached hydrogens (tertiary/aromatic N) is 3. The molecule has 0 aromatic heterocycles. The van der Waals surface area contributed by atoms with Gasteiger partial charge in [0.2, 0.25) is 0 Å². The van der Waals surface area contributed by atoms with Crippen molar-refractivity contribution >= 4 is 32.3 Å². The third-order valence-electron chi connectivity index (χ3n) is 13.1. The van der Waals surface area contributed by atoms with Crippen LogP contribution in [0.25, 0.3) is 0 Å². The van der Waals surface area contributed by atoms with Crippen molar-refractivity contribution in [2.45, 2.75) is 166 Å². The average Bonchev–Trinajstić information content (AvgIpc) is 3.80. The summed E-state index contributed by atoms with van der Waals surface area (Å²) in [6, 6.07) is 0. The average molecular weight is 793 g/mol. The molecule has 5 aliphatic rings. The summed E-state index contributed by atoms with van der Waals surface area (Å²) in [6.45, 7) is 20.7. The highest BCUT2D eigenvalue weighted by atomic mass is 16.7. The Bertz CT molecular complexity index is 1270. The van der Waals surface area contributed by atoms with Crippen LogP contribution in [0.2, 0.25) is 12.6 Å². The predicted octanol–water partition coefficient (Wildman–Crippen LogP) is 4.67. The Hall–Kier alpha value is -1.94. The number of amides is 1. The summed E-state index contributed by atoms with van der Waals surface area (Å²) in [5.41, 5.74) is -3.25. The van der Waals surface area contributed by atoms with Gasteiger partial charge < -0.3 is 49.1 Å². The SMILES string of the molecule is COC(=O)C1(CCN2CCCCC2)CC(CCB2OC(C)(C)C(C)(C)O2)CN1C(=O)OC(C)(C)C.O=C(O)C1(CCN2CCCCC2)CC(CCB(O)O)CN1.